The third-order valence-electron chi connectivity index (χ3n) is 6.17. The Kier molecular flexibility index (Phi) is 6.12. The van der Waals surface area contributed by atoms with Crippen molar-refractivity contribution in [3.8, 4) is 28.7 Å². The molecule has 0 atom stereocenters. The molecular weight excluding hydrogens is 426 g/mol. The summed E-state index contributed by atoms with van der Waals surface area (Å²) in [4.78, 5) is 2.03. The van der Waals surface area contributed by atoms with E-state index >= 15 is 0 Å². The van der Waals surface area contributed by atoms with Crippen LogP contribution in [0.1, 0.15) is 27.8 Å². The molecule has 174 valence electrons. The molecule has 0 saturated heterocycles. The number of hydrogen-bond donors (Lipinski definition) is 3. The van der Waals surface area contributed by atoms with Gasteiger partial charge in [-0.1, -0.05) is 12.1 Å². The maximum Gasteiger partial charge on any atom is 0.130 e. The molecule has 0 heterocycles. The van der Waals surface area contributed by atoms with Gasteiger partial charge in [0.15, 0.2) is 0 Å². The van der Waals surface area contributed by atoms with Gasteiger partial charge in [-0.25, -0.2) is 0 Å². The third-order valence-corrected chi connectivity index (χ3v) is 6.17. The average molecular weight is 456 g/mol. The van der Waals surface area contributed by atoms with Crippen LogP contribution in [0.2, 0.25) is 0 Å². The second-order valence-electron chi connectivity index (χ2n) is 8.63. The molecule has 0 fully saturated rings. The minimum absolute atomic E-state index is 0.198. The van der Waals surface area contributed by atoms with E-state index in [0.29, 0.717) is 11.5 Å². The van der Waals surface area contributed by atoms with E-state index in [0.717, 1.165) is 44.9 Å². The molecule has 0 aliphatic carbocycles. The fourth-order valence-corrected chi connectivity index (χ4v) is 4.08. The first-order valence-corrected chi connectivity index (χ1v) is 11.1. The van der Waals surface area contributed by atoms with E-state index in [2.05, 4.69) is 0 Å². The molecule has 5 heteroatoms. The summed E-state index contributed by atoms with van der Waals surface area (Å²) in [6.07, 6.45) is 0. The molecule has 4 rings (SSSR count). The highest BCUT2D eigenvalue weighted by molar-refractivity contribution is 5.82. The van der Waals surface area contributed by atoms with Crippen LogP contribution in [0.3, 0.4) is 0 Å². The van der Waals surface area contributed by atoms with Crippen LogP contribution in [0.25, 0.3) is 0 Å². The van der Waals surface area contributed by atoms with Crippen LogP contribution in [0.15, 0.2) is 66.7 Å². The number of benzene rings is 4. The summed E-state index contributed by atoms with van der Waals surface area (Å²) in [7, 11) is 0. The first-order valence-electron chi connectivity index (χ1n) is 11.1. The molecule has 0 spiro atoms. The van der Waals surface area contributed by atoms with E-state index in [1.54, 1.807) is 18.2 Å². The van der Waals surface area contributed by atoms with Gasteiger partial charge in [-0.3, -0.25) is 0 Å². The quantitative estimate of drug-likeness (QED) is 0.289. The number of phenolic OH excluding ortho intramolecular Hbond substituents is 3. The van der Waals surface area contributed by atoms with Gasteiger partial charge in [0.1, 0.15) is 28.7 Å². The van der Waals surface area contributed by atoms with Crippen molar-refractivity contribution < 1.29 is 20.1 Å². The summed E-state index contributed by atoms with van der Waals surface area (Å²) in [5, 5.41) is 30.9. The van der Waals surface area contributed by atoms with Gasteiger partial charge in [-0.05, 0) is 106 Å². The Bertz CT molecular complexity index is 1300. The van der Waals surface area contributed by atoms with Gasteiger partial charge in [0.25, 0.3) is 0 Å². The highest BCUT2D eigenvalue weighted by Crippen LogP contribution is 2.44. The lowest BCUT2D eigenvalue weighted by Crippen LogP contribution is -2.13. The lowest BCUT2D eigenvalue weighted by atomic mass is 10.0. The predicted octanol–water partition coefficient (Wildman–Crippen LogP) is 7.61. The Balaban J connectivity index is 1.80. The maximum atomic E-state index is 10.6. The number of ether oxygens (including phenoxy) is 1. The normalized spacial score (nSPS) is 10.9. The van der Waals surface area contributed by atoms with Crippen molar-refractivity contribution >= 4 is 17.1 Å². The van der Waals surface area contributed by atoms with Crippen molar-refractivity contribution in [3.05, 3.63) is 94.5 Å². The summed E-state index contributed by atoms with van der Waals surface area (Å²) < 4.78 is 6.02. The Morgan fingerprint density at radius 3 is 1.62 bits per heavy atom. The fraction of sp³-hybridized carbons (Fsp3) is 0.172. The van der Waals surface area contributed by atoms with Crippen molar-refractivity contribution in [3.63, 3.8) is 0 Å². The highest BCUT2D eigenvalue weighted by Gasteiger charge is 2.21. The molecule has 0 unspecified atom stereocenters. The number of aromatic hydroxyl groups is 3. The molecule has 0 radical (unpaired) electrons. The van der Waals surface area contributed by atoms with Gasteiger partial charge in [0, 0.05) is 16.8 Å². The maximum absolute atomic E-state index is 10.6. The second-order valence-corrected chi connectivity index (χ2v) is 8.63. The molecule has 0 bridgehead atoms. The summed E-state index contributed by atoms with van der Waals surface area (Å²) in [6.45, 7) is 9.40. The van der Waals surface area contributed by atoms with Crippen LogP contribution in [0.5, 0.6) is 28.7 Å². The van der Waals surface area contributed by atoms with Gasteiger partial charge in [0.05, 0.1) is 11.4 Å². The fourth-order valence-electron chi connectivity index (χ4n) is 4.08. The summed E-state index contributed by atoms with van der Waals surface area (Å²) in [5.74, 6) is 2.02. The van der Waals surface area contributed by atoms with Gasteiger partial charge in [-0.2, -0.15) is 0 Å². The van der Waals surface area contributed by atoms with Crippen molar-refractivity contribution in [1.29, 1.82) is 0 Å². The zero-order chi connectivity index (χ0) is 24.6. The van der Waals surface area contributed by atoms with Gasteiger partial charge < -0.3 is 25.0 Å². The first kappa shape index (κ1) is 23.1. The van der Waals surface area contributed by atoms with E-state index in [4.69, 9.17) is 4.74 Å². The first-order chi connectivity index (χ1) is 16.2. The van der Waals surface area contributed by atoms with Crippen LogP contribution in [0, 0.1) is 34.6 Å². The SMILES string of the molecule is Cc1cc(O)ccc1Oc1ccc(N(c2ccc(C)c(O)c2C)c2ccc(C)c(O)c2C)cc1. The summed E-state index contributed by atoms with van der Waals surface area (Å²) in [5.41, 5.74) is 6.43. The van der Waals surface area contributed by atoms with Crippen LogP contribution in [-0.4, -0.2) is 15.3 Å². The monoisotopic (exact) mass is 455 g/mol. The standard InChI is InChI=1S/C29H29NO4/c1-17-6-13-25(20(4)28(17)32)30(26-14-7-18(2)29(33)21(26)5)22-8-11-24(12-9-22)34-27-15-10-23(31)16-19(27)3/h6-16,31-33H,1-5H3. The number of nitrogens with zero attached hydrogens (tertiary/aromatic N) is 1. The van der Waals surface area contributed by atoms with Crippen molar-refractivity contribution in [1.82, 2.24) is 0 Å². The summed E-state index contributed by atoms with van der Waals surface area (Å²) >= 11 is 0. The minimum atomic E-state index is 0.198. The highest BCUT2D eigenvalue weighted by atomic mass is 16.5. The zero-order valence-electron chi connectivity index (χ0n) is 20.0. The van der Waals surface area contributed by atoms with Gasteiger partial charge in [-0.15, -0.1) is 0 Å². The van der Waals surface area contributed by atoms with E-state index in [-0.39, 0.29) is 17.2 Å². The number of anilines is 3. The molecule has 3 N–H and O–H groups in total. The Hall–Kier alpha value is -4.12. The minimum Gasteiger partial charge on any atom is -0.508 e. The number of aryl methyl sites for hydroxylation is 3. The Labute approximate surface area is 200 Å². The molecule has 0 aliphatic rings. The third kappa shape index (κ3) is 4.25. The Morgan fingerprint density at radius 1 is 0.588 bits per heavy atom. The molecule has 0 amide bonds. The topological polar surface area (TPSA) is 73.2 Å². The molecule has 34 heavy (non-hydrogen) atoms. The Morgan fingerprint density at radius 2 is 1.12 bits per heavy atom. The average Bonchev–Trinajstić information content (AvgIpc) is 2.81. The lowest BCUT2D eigenvalue weighted by molar-refractivity contribution is 0.461. The molecule has 4 aromatic carbocycles. The van der Waals surface area contributed by atoms with Crippen LogP contribution >= 0.6 is 0 Å². The molecule has 0 saturated carbocycles. The second kappa shape index (κ2) is 9.02. The number of rotatable bonds is 5. The van der Waals surface area contributed by atoms with Crippen molar-refractivity contribution in [2.45, 2.75) is 34.6 Å². The molecule has 4 aromatic rings. The van der Waals surface area contributed by atoms with E-state index < -0.39 is 0 Å². The molecule has 0 aromatic heterocycles. The van der Waals surface area contributed by atoms with Crippen molar-refractivity contribution in [2.75, 3.05) is 4.90 Å². The largest absolute Gasteiger partial charge is 0.508 e. The van der Waals surface area contributed by atoms with Crippen LogP contribution in [-0.2, 0) is 0 Å². The number of phenols is 3. The van der Waals surface area contributed by atoms with E-state index in [9.17, 15) is 15.3 Å². The van der Waals surface area contributed by atoms with E-state index in [1.165, 1.54) is 0 Å². The van der Waals surface area contributed by atoms with Crippen LogP contribution in [0.4, 0.5) is 17.1 Å². The molecule has 0 aliphatic heterocycles. The van der Waals surface area contributed by atoms with Gasteiger partial charge in [0.2, 0.25) is 0 Å². The molecule has 5 nitrogen and oxygen atoms in total. The van der Waals surface area contributed by atoms with Gasteiger partial charge >= 0.3 is 0 Å². The van der Waals surface area contributed by atoms with Crippen LogP contribution < -0.4 is 9.64 Å². The number of hydrogen-bond acceptors (Lipinski definition) is 5. The summed E-state index contributed by atoms with van der Waals surface area (Å²) in [6, 6.07) is 20.4. The lowest BCUT2D eigenvalue weighted by Gasteiger charge is -2.29. The van der Waals surface area contributed by atoms with Crippen molar-refractivity contribution in [2.24, 2.45) is 0 Å². The van der Waals surface area contributed by atoms with E-state index in [1.807, 2.05) is 88.0 Å². The predicted molar refractivity (Wildman–Crippen MR) is 136 cm³/mol. The molecular formula is C29H29NO4. The zero-order valence-corrected chi connectivity index (χ0v) is 20.0. The smallest absolute Gasteiger partial charge is 0.130 e.